The standard InChI is InChI=1S/C28H24Cl2N2O5S/c1-4-36-23-14-18(13-22(30)25(23)37-16-17-5-9-20(29)10-6-17)15-24-26(33)32(2)28(38-24)31-21-11-7-19(8-12-21)27(34)35-3/h5-15H,4,16H2,1-3H3/b24-15-,31-28?. The summed E-state index contributed by atoms with van der Waals surface area (Å²) in [5.41, 5.74) is 2.64. The Labute approximate surface area is 235 Å². The average molecular weight is 571 g/mol. The molecule has 1 amide bonds. The van der Waals surface area contributed by atoms with Crippen molar-refractivity contribution in [2.45, 2.75) is 13.5 Å². The molecule has 0 saturated carbocycles. The molecule has 10 heteroatoms. The van der Waals surface area contributed by atoms with E-state index in [-0.39, 0.29) is 12.5 Å². The molecular formula is C28H24Cl2N2O5S. The number of carbonyl (C=O) groups is 2. The summed E-state index contributed by atoms with van der Waals surface area (Å²) in [5.74, 6) is 0.274. The highest BCUT2D eigenvalue weighted by atomic mass is 35.5. The van der Waals surface area contributed by atoms with Crippen molar-refractivity contribution in [1.29, 1.82) is 0 Å². The largest absolute Gasteiger partial charge is 0.490 e. The van der Waals surface area contributed by atoms with Crippen LogP contribution in [0.1, 0.15) is 28.4 Å². The maximum absolute atomic E-state index is 12.9. The van der Waals surface area contributed by atoms with E-state index in [1.807, 2.05) is 19.1 Å². The maximum atomic E-state index is 12.9. The van der Waals surface area contributed by atoms with Crippen LogP contribution in [0.25, 0.3) is 6.08 Å². The number of benzene rings is 3. The lowest BCUT2D eigenvalue weighted by molar-refractivity contribution is -0.121. The fourth-order valence-corrected chi connectivity index (χ4v) is 4.90. The van der Waals surface area contributed by atoms with Gasteiger partial charge in [0.25, 0.3) is 5.91 Å². The summed E-state index contributed by atoms with van der Waals surface area (Å²) in [5, 5.41) is 1.51. The number of thioether (sulfide) groups is 1. The SMILES string of the molecule is CCOc1cc(/C=C2\SC(=Nc3ccc(C(=O)OC)cc3)N(C)C2=O)cc(Cl)c1OCc1ccc(Cl)cc1. The Morgan fingerprint density at radius 1 is 1.05 bits per heavy atom. The van der Waals surface area contributed by atoms with Crippen LogP contribution in [0.3, 0.4) is 0 Å². The number of halogens is 2. The Kier molecular flexibility index (Phi) is 8.99. The summed E-state index contributed by atoms with van der Waals surface area (Å²) in [7, 11) is 2.98. The fraction of sp³-hybridized carbons (Fsp3) is 0.179. The highest BCUT2D eigenvalue weighted by Gasteiger charge is 2.30. The Hall–Kier alpha value is -3.46. The number of aliphatic imine (C=N–C) groups is 1. The van der Waals surface area contributed by atoms with Crippen LogP contribution >= 0.6 is 35.0 Å². The van der Waals surface area contributed by atoms with Gasteiger partial charge >= 0.3 is 5.97 Å². The molecule has 0 spiro atoms. The van der Waals surface area contributed by atoms with Gasteiger partial charge in [0.2, 0.25) is 0 Å². The van der Waals surface area contributed by atoms with Crippen LogP contribution in [-0.4, -0.2) is 42.7 Å². The Morgan fingerprint density at radius 3 is 2.42 bits per heavy atom. The predicted molar refractivity (Wildman–Crippen MR) is 152 cm³/mol. The first-order chi connectivity index (χ1) is 18.3. The number of methoxy groups -OCH3 is 1. The molecule has 38 heavy (non-hydrogen) atoms. The number of amidine groups is 1. The van der Waals surface area contributed by atoms with Crippen LogP contribution in [0, 0.1) is 0 Å². The van der Waals surface area contributed by atoms with E-state index in [4.69, 9.17) is 37.4 Å². The van der Waals surface area contributed by atoms with E-state index < -0.39 is 5.97 Å². The highest BCUT2D eigenvalue weighted by Crippen LogP contribution is 2.39. The third-order valence-electron chi connectivity index (χ3n) is 5.44. The summed E-state index contributed by atoms with van der Waals surface area (Å²) >= 11 is 13.8. The molecule has 0 aliphatic carbocycles. The van der Waals surface area contributed by atoms with Gasteiger partial charge in [-0.15, -0.1) is 0 Å². The monoisotopic (exact) mass is 570 g/mol. The molecule has 3 aromatic rings. The number of esters is 1. The maximum Gasteiger partial charge on any atom is 0.337 e. The molecule has 7 nitrogen and oxygen atoms in total. The topological polar surface area (TPSA) is 77.4 Å². The number of nitrogens with zero attached hydrogens (tertiary/aromatic N) is 2. The Morgan fingerprint density at radius 2 is 1.76 bits per heavy atom. The molecular weight excluding hydrogens is 547 g/mol. The van der Waals surface area contributed by atoms with Crippen molar-refractivity contribution in [1.82, 2.24) is 4.90 Å². The number of likely N-dealkylation sites (N-methyl/N-ethyl adjacent to an activating group) is 1. The number of hydrogen-bond acceptors (Lipinski definition) is 7. The summed E-state index contributed by atoms with van der Waals surface area (Å²) < 4.78 is 16.5. The lowest BCUT2D eigenvalue weighted by atomic mass is 10.1. The van der Waals surface area contributed by atoms with Crippen LogP contribution in [0.4, 0.5) is 5.69 Å². The second-order valence-electron chi connectivity index (χ2n) is 8.09. The third-order valence-corrected chi connectivity index (χ3v) is 7.04. The van der Waals surface area contributed by atoms with Gasteiger partial charge in [0.05, 0.1) is 34.9 Å². The minimum Gasteiger partial charge on any atom is -0.490 e. The van der Waals surface area contributed by atoms with Gasteiger partial charge in [-0.1, -0.05) is 35.3 Å². The number of carbonyl (C=O) groups excluding carboxylic acids is 2. The van der Waals surface area contributed by atoms with Crippen LogP contribution in [0.2, 0.25) is 10.0 Å². The first-order valence-corrected chi connectivity index (χ1v) is 13.1. The van der Waals surface area contributed by atoms with Crippen molar-refractivity contribution in [3.8, 4) is 11.5 Å². The van der Waals surface area contributed by atoms with Crippen molar-refractivity contribution in [3.63, 3.8) is 0 Å². The van der Waals surface area contributed by atoms with E-state index in [9.17, 15) is 9.59 Å². The van der Waals surface area contributed by atoms with Gasteiger partial charge in [-0.3, -0.25) is 9.69 Å². The zero-order valence-corrected chi connectivity index (χ0v) is 23.2. The molecule has 196 valence electrons. The first kappa shape index (κ1) is 27.6. The fourth-order valence-electron chi connectivity index (χ4n) is 3.51. The minimum atomic E-state index is -0.427. The van der Waals surface area contributed by atoms with E-state index in [2.05, 4.69) is 4.99 Å². The third kappa shape index (κ3) is 6.51. The van der Waals surface area contributed by atoms with Crippen LogP contribution < -0.4 is 9.47 Å². The van der Waals surface area contributed by atoms with Crippen molar-refractivity contribution >= 4 is 63.8 Å². The molecule has 3 aromatic carbocycles. The summed E-state index contributed by atoms with van der Waals surface area (Å²) in [6, 6.07) is 17.5. The van der Waals surface area contributed by atoms with Gasteiger partial charge in [0.1, 0.15) is 6.61 Å². The zero-order chi connectivity index (χ0) is 27.2. The van der Waals surface area contributed by atoms with E-state index in [0.717, 1.165) is 5.56 Å². The van der Waals surface area contributed by atoms with Crippen molar-refractivity contribution < 1.29 is 23.8 Å². The smallest absolute Gasteiger partial charge is 0.337 e. The van der Waals surface area contributed by atoms with E-state index in [0.29, 0.717) is 55.0 Å². The molecule has 0 radical (unpaired) electrons. The van der Waals surface area contributed by atoms with Gasteiger partial charge in [-0.25, -0.2) is 9.79 Å². The van der Waals surface area contributed by atoms with Crippen LogP contribution in [0.15, 0.2) is 70.6 Å². The van der Waals surface area contributed by atoms with E-state index in [1.54, 1.807) is 61.7 Å². The summed E-state index contributed by atoms with van der Waals surface area (Å²) in [6.07, 6.45) is 1.74. The highest BCUT2D eigenvalue weighted by molar-refractivity contribution is 8.18. The molecule has 0 unspecified atom stereocenters. The number of rotatable bonds is 8. The van der Waals surface area contributed by atoms with Gasteiger partial charge in [-0.2, -0.15) is 0 Å². The van der Waals surface area contributed by atoms with Crippen LogP contribution in [0.5, 0.6) is 11.5 Å². The van der Waals surface area contributed by atoms with Gasteiger partial charge in [0.15, 0.2) is 16.7 Å². The number of hydrogen-bond donors (Lipinski definition) is 0. The molecule has 0 aromatic heterocycles. The second-order valence-corrected chi connectivity index (χ2v) is 9.94. The first-order valence-electron chi connectivity index (χ1n) is 11.6. The van der Waals surface area contributed by atoms with Gasteiger partial charge in [-0.05, 0) is 84.4 Å². The molecule has 1 aliphatic rings. The van der Waals surface area contributed by atoms with Crippen molar-refractivity contribution in [2.24, 2.45) is 4.99 Å². The molecule has 0 atom stereocenters. The Balaban J connectivity index is 1.55. The predicted octanol–water partition coefficient (Wildman–Crippen LogP) is 6.99. The van der Waals surface area contributed by atoms with Crippen LogP contribution in [-0.2, 0) is 16.1 Å². The molecule has 1 heterocycles. The van der Waals surface area contributed by atoms with Gasteiger partial charge in [0, 0.05) is 12.1 Å². The quantitative estimate of drug-likeness (QED) is 0.214. The van der Waals surface area contributed by atoms with E-state index >= 15 is 0 Å². The lowest BCUT2D eigenvalue weighted by Crippen LogP contribution is -2.23. The Bertz CT molecular complexity index is 1410. The van der Waals surface area contributed by atoms with E-state index in [1.165, 1.54) is 23.8 Å². The number of ether oxygens (including phenoxy) is 3. The molecule has 0 bridgehead atoms. The normalized spacial score (nSPS) is 15.3. The van der Waals surface area contributed by atoms with Crippen molar-refractivity contribution in [3.05, 3.63) is 92.3 Å². The zero-order valence-electron chi connectivity index (χ0n) is 20.9. The molecule has 1 saturated heterocycles. The summed E-state index contributed by atoms with van der Waals surface area (Å²) in [6.45, 7) is 2.57. The van der Waals surface area contributed by atoms with Gasteiger partial charge < -0.3 is 14.2 Å². The number of amides is 1. The molecule has 1 fully saturated rings. The average Bonchev–Trinajstić information content (AvgIpc) is 3.17. The minimum absolute atomic E-state index is 0.197. The lowest BCUT2D eigenvalue weighted by Gasteiger charge is -2.15. The molecule has 4 rings (SSSR count). The molecule has 0 N–H and O–H groups in total. The summed E-state index contributed by atoms with van der Waals surface area (Å²) in [4.78, 5) is 31.1. The molecule has 1 aliphatic heterocycles. The second kappa shape index (κ2) is 12.4. The van der Waals surface area contributed by atoms with Crippen molar-refractivity contribution in [2.75, 3.05) is 20.8 Å².